The Balaban J connectivity index is 0.00000312. The maximum atomic E-state index is 12.6. The summed E-state index contributed by atoms with van der Waals surface area (Å²) in [6, 6.07) is 0. The molecule has 1 aliphatic rings. The highest BCUT2D eigenvalue weighted by atomic mass is 127. The SMILES string of the molecule is CN=C(NCc1nnc(C)n1C)NCC1(C(=O)N(C)C)CCCC1.I. The number of nitrogens with zero attached hydrogens (tertiary/aromatic N) is 5. The molecule has 1 aromatic heterocycles. The molecule has 2 N–H and O–H groups in total. The minimum Gasteiger partial charge on any atom is -0.355 e. The van der Waals surface area contributed by atoms with Crippen molar-refractivity contribution in [2.45, 2.75) is 39.2 Å². The summed E-state index contributed by atoms with van der Waals surface area (Å²) in [6.45, 7) is 3.05. The van der Waals surface area contributed by atoms with Crippen molar-refractivity contribution < 1.29 is 4.79 Å². The number of nitrogens with one attached hydrogen (secondary N) is 2. The number of guanidine groups is 1. The molecular weight excluding hydrogens is 433 g/mol. The fourth-order valence-corrected chi connectivity index (χ4v) is 3.23. The van der Waals surface area contributed by atoms with Crippen LogP contribution in [0.25, 0.3) is 0 Å². The molecule has 8 nitrogen and oxygen atoms in total. The average molecular weight is 463 g/mol. The average Bonchev–Trinajstić information content (AvgIpc) is 3.16. The Kier molecular flexibility index (Phi) is 8.10. The number of rotatable bonds is 5. The van der Waals surface area contributed by atoms with Gasteiger partial charge in [0, 0.05) is 34.7 Å². The van der Waals surface area contributed by atoms with Gasteiger partial charge in [0.05, 0.1) is 12.0 Å². The maximum Gasteiger partial charge on any atom is 0.230 e. The summed E-state index contributed by atoms with van der Waals surface area (Å²) in [5.74, 6) is 2.59. The van der Waals surface area contributed by atoms with Gasteiger partial charge in [-0.3, -0.25) is 9.79 Å². The van der Waals surface area contributed by atoms with Crippen molar-refractivity contribution in [3.8, 4) is 0 Å². The van der Waals surface area contributed by atoms with Crippen LogP contribution in [0.5, 0.6) is 0 Å². The lowest BCUT2D eigenvalue weighted by Gasteiger charge is -2.31. The lowest BCUT2D eigenvalue weighted by molar-refractivity contribution is -0.138. The lowest BCUT2D eigenvalue weighted by atomic mass is 9.84. The topological polar surface area (TPSA) is 87.4 Å². The number of halogens is 1. The molecule has 0 radical (unpaired) electrons. The molecule has 1 aromatic rings. The van der Waals surface area contributed by atoms with Crippen molar-refractivity contribution in [3.05, 3.63) is 11.6 Å². The highest BCUT2D eigenvalue weighted by molar-refractivity contribution is 14.0. The molecule has 0 atom stereocenters. The van der Waals surface area contributed by atoms with Crippen LogP contribution >= 0.6 is 24.0 Å². The molecule has 9 heteroatoms. The quantitative estimate of drug-likeness (QED) is 0.388. The number of hydrogen-bond donors (Lipinski definition) is 2. The van der Waals surface area contributed by atoms with E-state index in [1.54, 1.807) is 11.9 Å². The lowest BCUT2D eigenvalue weighted by Crippen LogP contribution is -2.49. The monoisotopic (exact) mass is 463 g/mol. The molecule has 1 heterocycles. The minimum absolute atomic E-state index is 0. The number of carbonyl (C=O) groups excluding carboxylic acids is 1. The smallest absolute Gasteiger partial charge is 0.230 e. The van der Waals surface area contributed by atoms with E-state index in [0.717, 1.165) is 37.3 Å². The summed E-state index contributed by atoms with van der Waals surface area (Å²) in [6.07, 6.45) is 4.06. The van der Waals surface area contributed by atoms with E-state index in [1.165, 1.54) is 0 Å². The number of aliphatic imine (C=N–C) groups is 1. The van der Waals surface area contributed by atoms with Gasteiger partial charge in [-0.1, -0.05) is 12.8 Å². The van der Waals surface area contributed by atoms with Crippen LogP contribution in [0.1, 0.15) is 37.3 Å². The molecule has 0 bridgehead atoms. The van der Waals surface area contributed by atoms with Crippen LogP contribution in [0, 0.1) is 12.3 Å². The number of hydrogen-bond acceptors (Lipinski definition) is 4. The van der Waals surface area contributed by atoms with E-state index in [0.29, 0.717) is 19.0 Å². The Labute approximate surface area is 166 Å². The molecule has 25 heavy (non-hydrogen) atoms. The molecule has 1 aliphatic carbocycles. The van der Waals surface area contributed by atoms with E-state index in [4.69, 9.17) is 0 Å². The second-order valence-corrected chi connectivity index (χ2v) is 6.69. The van der Waals surface area contributed by atoms with E-state index >= 15 is 0 Å². The summed E-state index contributed by atoms with van der Waals surface area (Å²) < 4.78 is 1.94. The van der Waals surface area contributed by atoms with Gasteiger partial charge in [0.1, 0.15) is 5.82 Å². The first-order chi connectivity index (χ1) is 11.4. The third-order valence-corrected chi connectivity index (χ3v) is 4.84. The van der Waals surface area contributed by atoms with E-state index in [1.807, 2.05) is 32.6 Å². The van der Waals surface area contributed by atoms with Crippen molar-refractivity contribution in [1.29, 1.82) is 0 Å². The highest BCUT2D eigenvalue weighted by Gasteiger charge is 2.42. The molecule has 0 spiro atoms. The Morgan fingerprint density at radius 3 is 2.40 bits per heavy atom. The summed E-state index contributed by atoms with van der Waals surface area (Å²) in [7, 11) is 7.32. The first-order valence-electron chi connectivity index (χ1n) is 8.41. The fraction of sp³-hybridized carbons (Fsp3) is 0.750. The van der Waals surface area contributed by atoms with Gasteiger partial charge in [-0.25, -0.2) is 0 Å². The zero-order chi connectivity index (χ0) is 17.7. The van der Waals surface area contributed by atoms with Gasteiger partial charge in [0.25, 0.3) is 0 Å². The van der Waals surface area contributed by atoms with E-state index in [2.05, 4.69) is 25.8 Å². The summed E-state index contributed by atoms with van der Waals surface area (Å²) >= 11 is 0. The van der Waals surface area contributed by atoms with Crippen molar-refractivity contribution in [2.24, 2.45) is 17.5 Å². The predicted molar refractivity (Wildman–Crippen MR) is 109 cm³/mol. The maximum absolute atomic E-state index is 12.6. The number of aromatic nitrogens is 3. The molecule has 1 saturated carbocycles. The van der Waals surface area contributed by atoms with E-state index < -0.39 is 0 Å². The molecule has 0 saturated heterocycles. The first-order valence-corrected chi connectivity index (χ1v) is 8.41. The Morgan fingerprint density at radius 1 is 1.28 bits per heavy atom. The van der Waals surface area contributed by atoms with Crippen molar-refractivity contribution in [3.63, 3.8) is 0 Å². The van der Waals surface area contributed by atoms with Gasteiger partial charge in [-0.05, 0) is 19.8 Å². The third kappa shape index (κ3) is 5.05. The van der Waals surface area contributed by atoms with E-state index in [-0.39, 0.29) is 35.3 Å². The van der Waals surface area contributed by atoms with Gasteiger partial charge in [-0.15, -0.1) is 34.2 Å². The van der Waals surface area contributed by atoms with Crippen LogP contribution in [0.4, 0.5) is 0 Å². The normalized spacial score (nSPS) is 16.3. The molecule has 0 unspecified atom stereocenters. The minimum atomic E-state index is -0.317. The van der Waals surface area contributed by atoms with Crippen LogP contribution in [0.15, 0.2) is 4.99 Å². The van der Waals surface area contributed by atoms with Crippen LogP contribution in [0.3, 0.4) is 0 Å². The predicted octanol–water partition coefficient (Wildman–Crippen LogP) is 1.06. The van der Waals surface area contributed by atoms with Crippen LogP contribution in [-0.4, -0.2) is 59.2 Å². The highest BCUT2D eigenvalue weighted by Crippen LogP contribution is 2.38. The molecule has 142 valence electrons. The zero-order valence-corrected chi connectivity index (χ0v) is 18.1. The molecular formula is C16H30IN7O. The molecule has 0 aliphatic heterocycles. The molecule has 1 amide bonds. The van der Waals surface area contributed by atoms with Gasteiger partial charge in [-0.2, -0.15) is 0 Å². The van der Waals surface area contributed by atoms with Crippen LogP contribution in [0.2, 0.25) is 0 Å². The molecule has 1 fully saturated rings. The second-order valence-electron chi connectivity index (χ2n) is 6.69. The summed E-state index contributed by atoms with van der Waals surface area (Å²) in [5, 5.41) is 14.7. The van der Waals surface area contributed by atoms with Crippen molar-refractivity contribution in [2.75, 3.05) is 27.7 Å². The Bertz CT molecular complexity index is 606. The summed E-state index contributed by atoms with van der Waals surface area (Å²) in [5.41, 5.74) is -0.317. The van der Waals surface area contributed by atoms with Gasteiger partial charge in [0.15, 0.2) is 11.8 Å². The second kappa shape index (κ2) is 9.35. The van der Waals surface area contributed by atoms with Crippen LogP contribution in [-0.2, 0) is 18.4 Å². The first kappa shape index (κ1) is 21.7. The zero-order valence-electron chi connectivity index (χ0n) is 15.8. The van der Waals surface area contributed by atoms with E-state index in [9.17, 15) is 4.79 Å². The van der Waals surface area contributed by atoms with Crippen molar-refractivity contribution in [1.82, 2.24) is 30.3 Å². The third-order valence-electron chi connectivity index (χ3n) is 4.84. The Hall–Kier alpha value is -1.39. The fourth-order valence-electron chi connectivity index (χ4n) is 3.23. The molecule has 0 aromatic carbocycles. The summed E-state index contributed by atoms with van der Waals surface area (Å²) in [4.78, 5) is 18.5. The number of amides is 1. The largest absolute Gasteiger partial charge is 0.355 e. The van der Waals surface area contributed by atoms with Gasteiger partial charge in [0.2, 0.25) is 5.91 Å². The number of carbonyl (C=O) groups is 1. The standard InChI is InChI=1S/C16H29N7O.HI/c1-12-20-21-13(23(12)5)10-18-15(17-2)19-11-16(8-6-7-9-16)14(24)22(3)4;/h6-11H2,1-5H3,(H2,17,18,19);1H. The van der Waals surface area contributed by atoms with Gasteiger partial charge < -0.3 is 20.1 Å². The number of aryl methyl sites for hydroxylation is 1. The van der Waals surface area contributed by atoms with Gasteiger partial charge >= 0.3 is 0 Å². The Morgan fingerprint density at radius 2 is 1.92 bits per heavy atom. The van der Waals surface area contributed by atoms with Crippen LogP contribution < -0.4 is 10.6 Å². The van der Waals surface area contributed by atoms with Crippen molar-refractivity contribution >= 4 is 35.8 Å². The molecule has 2 rings (SSSR count).